The summed E-state index contributed by atoms with van der Waals surface area (Å²) in [5.74, 6) is 0.0309. The van der Waals surface area contributed by atoms with Crippen LogP contribution in [0.25, 0.3) is 0 Å². The third-order valence-electron chi connectivity index (χ3n) is 4.45. The molecule has 4 heteroatoms. The van der Waals surface area contributed by atoms with Gasteiger partial charge in [-0.1, -0.05) is 63.4 Å². The Morgan fingerprint density at radius 3 is 2.36 bits per heavy atom. The molecule has 3 N–H and O–H groups in total. The number of amides is 1. The van der Waals surface area contributed by atoms with Crippen molar-refractivity contribution < 1.29 is 4.79 Å². The fourth-order valence-corrected chi connectivity index (χ4v) is 3.12. The molecule has 0 spiro atoms. The fraction of sp³-hybridized carbons (Fsp3) is 0.611. The van der Waals surface area contributed by atoms with E-state index in [1.165, 1.54) is 12.0 Å². The van der Waals surface area contributed by atoms with E-state index < -0.39 is 5.54 Å². The second-order valence-electron chi connectivity index (χ2n) is 7.23. The van der Waals surface area contributed by atoms with Crippen LogP contribution in [0.5, 0.6) is 0 Å². The molecule has 1 saturated carbocycles. The Labute approximate surface area is 140 Å². The van der Waals surface area contributed by atoms with Crippen LogP contribution in [0, 0.1) is 5.41 Å². The highest BCUT2D eigenvalue weighted by atomic mass is 35.5. The van der Waals surface area contributed by atoms with E-state index in [2.05, 4.69) is 43.4 Å². The van der Waals surface area contributed by atoms with Crippen LogP contribution in [0.15, 0.2) is 30.3 Å². The molecular weight excluding hydrogens is 296 g/mol. The van der Waals surface area contributed by atoms with E-state index in [0.29, 0.717) is 6.54 Å². The average molecular weight is 325 g/mol. The number of carbonyl (C=O) groups is 1. The third kappa shape index (κ3) is 5.29. The summed E-state index contributed by atoms with van der Waals surface area (Å²) in [6.07, 6.45) is 5.92. The summed E-state index contributed by atoms with van der Waals surface area (Å²) in [5, 5.41) is 3.09. The van der Waals surface area contributed by atoms with Gasteiger partial charge in [-0.2, -0.15) is 0 Å². The lowest BCUT2D eigenvalue weighted by Crippen LogP contribution is -2.56. The molecule has 1 fully saturated rings. The lowest BCUT2D eigenvalue weighted by Gasteiger charge is -2.33. The Kier molecular flexibility index (Phi) is 6.89. The highest BCUT2D eigenvalue weighted by Crippen LogP contribution is 2.27. The zero-order chi connectivity index (χ0) is 15.3. The molecule has 0 aliphatic heterocycles. The smallest absolute Gasteiger partial charge is 0.240 e. The van der Waals surface area contributed by atoms with Gasteiger partial charge < -0.3 is 11.1 Å². The number of carbonyl (C=O) groups excluding carboxylic acids is 1. The van der Waals surface area contributed by atoms with Gasteiger partial charge in [0.05, 0.1) is 5.54 Å². The number of rotatable bonds is 5. The lowest BCUT2D eigenvalue weighted by molar-refractivity contribution is -0.127. The lowest BCUT2D eigenvalue weighted by atomic mass is 9.81. The van der Waals surface area contributed by atoms with Crippen molar-refractivity contribution in [3.05, 3.63) is 35.9 Å². The summed E-state index contributed by atoms with van der Waals surface area (Å²) in [4.78, 5) is 12.4. The molecule has 2 rings (SSSR count). The van der Waals surface area contributed by atoms with Crippen molar-refractivity contribution >= 4 is 18.3 Å². The Balaban J connectivity index is 0.00000242. The highest BCUT2D eigenvalue weighted by molar-refractivity contribution is 5.86. The molecule has 0 atom stereocenters. The summed E-state index contributed by atoms with van der Waals surface area (Å²) >= 11 is 0. The van der Waals surface area contributed by atoms with Crippen LogP contribution in [-0.2, 0) is 11.2 Å². The van der Waals surface area contributed by atoms with E-state index in [9.17, 15) is 4.79 Å². The maximum Gasteiger partial charge on any atom is 0.240 e. The Morgan fingerprint density at radius 1 is 1.18 bits per heavy atom. The van der Waals surface area contributed by atoms with Gasteiger partial charge in [0, 0.05) is 6.54 Å². The predicted octanol–water partition coefficient (Wildman–Crippen LogP) is 3.45. The van der Waals surface area contributed by atoms with Crippen molar-refractivity contribution in [2.75, 3.05) is 6.54 Å². The molecule has 1 aliphatic carbocycles. The predicted molar refractivity (Wildman–Crippen MR) is 94.2 cm³/mol. The molecule has 0 radical (unpaired) electrons. The van der Waals surface area contributed by atoms with Gasteiger partial charge in [-0.05, 0) is 30.2 Å². The van der Waals surface area contributed by atoms with E-state index in [1.54, 1.807) is 0 Å². The fourth-order valence-electron chi connectivity index (χ4n) is 3.12. The Hall–Kier alpha value is -1.06. The van der Waals surface area contributed by atoms with Crippen molar-refractivity contribution in [2.45, 2.75) is 57.9 Å². The van der Waals surface area contributed by atoms with Crippen molar-refractivity contribution in [1.29, 1.82) is 0 Å². The molecule has 1 aromatic rings. The normalized spacial score (nSPS) is 17.4. The minimum absolute atomic E-state index is 0. The second kappa shape index (κ2) is 7.98. The first-order valence-electron chi connectivity index (χ1n) is 8.02. The number of nitrogens with two attached hydrogens (primary N) is 1. The summed E-state index contributed by atoms with van der Waals surface area (Å²) in [7, 11) is 0. The molecule has 0 heterocycles. The van der Waals surface area contributed by atoms with Crippen LogP contribution in [0.1, 0.15) is 51.5 Å². The second-order valence-corrected chi connectivity index (χ2v) is 7.23. The summed E-state index contributed by atoms with van der Waals surface area (Å²) in [6.45, 7) is 5.04. The summed E-state index contributed by atoms with van der Waals surface area (Å²) in [5.41, 5.74) is 6.97. The molecule has 22 heavy (non-hydrogen) atoms. The molecule has 0 unspecified atom stereocenters. The van der Waals surface area contributed by atoms with E-state index in [4.69, 9.17) is 5.73 Å². The average Bonchev–Trinajstić information content (AvgIpc) is 2.46. The number of benzene rings is 1. The number of hydrogen-bond donors (Lipinski definition) is 2. The van der Waals surface area contributed by atoms with Crippen LogP contribution in [0.3, 0.4) is 0 Å². The number of hydrogen-bond acceptors (Lipinski definition) is 2. The standard InChI is InChI=1S/C18H28N2O.ClH/c1-17(2,13-15-9-5-3-6-10-15)14-20-16(21)18(19)11-7-4-8-12-18;/h3,5-6,9-10H,4,7-8,11-14,19H2,1-2H3,(H,20,21);1H. The highest BCUT2D eigenvalue weighted by Gasteiger charge is 2.35. The molecule has 0 saturated heterocycles. The van der Waals surface area contributed by atoms with Gasteiger partial charge in [-0.25, -0.2) is 0 Å². The monoisotopic (exact) mass is 324 g/mol. The van der Waals surface area contributed by atoms with E-state index >= 15 is 0 Å². The summed E-state index contributed by atoms with van der Waals surface area (Å²) in [6, 6.07) is 10.4. The van der Waals surface area contributed by atoms with E-state index in [-0.39, 0.29) is 23.7 Å². The first-order valence-corrected chi connectivity index (χ1v) is 8.02. The number of halogens is 1. The van der Waals surface area contributed by atoms with Crippen molar-refractivity contribution in [3.8, 4) is 0 Å². The zero-order valence-corrected chi connectivity index (χ0v) is 14.5. The molecule has 1 aliphatic rings. The van der Waals surface area contributed by atoms with Gasteiger partial charge in [-0.15, -0.1) is 12.4 Å². The molecule has 1 amide bonds. The van der Waals surface area contributed by atoms with E-state index in [1.807, 2.05) is 6.07 Å². The third-order valence-corrected chi connectivity index (χ3v) is 4.45. The van der Waals surface area contributed by atoms with Crippen molar-refractivity contribution in [1.82, 2.24) is 5.32 Å². The van der Waals surface area contributed by atoms with Crippen molar-refractivity contribution in [3.63, 3.8) is 0 Å². The van der Waals surface area contributed by atoms with Gasteiger partial charge in [0.25, 0.3) is 0 Å². The quantitative estimate of drug-likeness (QED) is 0.871. The minimum atomic E-state index is -0.638. The minimum Gasteiger partial charge on any atom is -0.354 e. The van der Waals surface area contributed by atoms with Crippen LogP contribution in [-0.4, -0.2) is 18.0 Å². The largest absolute Gasteiger partial charge is 0.354 e. The maximum absolute atomic E-state index is 12.4. The molecular formula is C18H29ClN2O. The van der Waals surface area contributed by atoms with Crippen LogP contribution < -0.4 is 11.1 Å². The van der Waals surface area contributed by atoms with Crippen LogP contribution >= 0.6 is 12.4 Å². The van der Waals surface area contributed by atoms with Gasteiger partial charge >= 0.3 is 0 Å². The SMILES string of the molecule is CC(C)(CNC(=O)C1(N)CCCCC1)Cc1ccccc1.Cl. The van der Waals surface area contributed by atoms with Gasteiger partial charge in [0.2, 0.25) is 5.91 Å². The van der Waals surface area contributed by atoms with Gasteiger partial charge in [0.1, 0.15) is 0 Å². The van der Waals surface area contributed by atoms with Gasteiger partial charge in [-0.3, -0.25) is 4.79 Å². The molecule has 0 aromatic heterocycles. The Morgan fingerprint density at radius 2 is 1.77 bits per heavy atom. The first kappa shape index (κ1) is 19.0. The van der Waals surface area contributed by atoms with Crippen LogP contribution in [0.4, 0.5) is 0 Å². The maximum atomic E-state index is 12.4. The molecule has 3 nitrogen and oxygen atoms in total. The van der Waals surface area contributed by atoms with Crippen molar-refractivity contribution in [2.24, 2.45) is 11.1 Å². The van der Waals surface area contributed by atoms with Crippen LogP contribution in [0.2, 0.25) is 0 Å². The van der Waals surface area contributed by atoms with E-state index in [0.717, 1.165) is 32.1 Å². The number of nitrogens with one attached hydrogen (secondary N) is 1. The molecule has 124 valence electrons. The molecule has 0 bridgehead atoms. The Bertz CT molecular complexity index is 467. The zero-order valence-electron chi connectivity index (χ0n) is 13.7. The van der Waals surface area contributed by atoms with Gasteiger partial charge in [0.15, 0.2) is 0 Å². The topological polar surface area (TPSA) is 55.1 Å². The molecule has 1 aromatic carbocycles. The first-order chi connectivity index (χ1) is 9.91. The summed E-state index contributed by atoms with van der Waals surface area (Å²) < 4.78 is 0.